The molecule has 2 rings (SSSR count). The van der Waals surface area contributed by atoms with Crippen molar-refractivity contribution in [2.45, 2.75) is 13.3 Å². The summed E-state index contributed by atoms with van der Waals surface area (Å²) < 4.78 is 0. The van der Waals surface area contributed by atoms with Crippen LogP contribution in [0.1, 0.15) is 13.3 Å². The predicted molar refractivity (Wildman–Crippen MR) is 81.7 cm³/mol. The van der Waals surface area contributed by atoms with Gasteiger partial charge in [-0.05, 0) is 19.4 Å². The molecule has 0 bridgehead atoms. The van der Waals surface area contributed by atoms with Crippen LogP contribution in [0.2, 0.25) is 0 Å². The van der Waals surface area contributed by atoms with Crippen LogP contribution in [0.15, 0.2) is 18.2 Å². The van der Waals surface area contributed by atoms with Gasteiger partial charge in [0.15, 0.2) is 0 Å². The van der Waals surface area contributed by atoms with Gasteiger partial charge in [-0.2, -0.15) is 0 Å². The molecule has 0 spiro atoms. The van der Waals surface area contributed by atoms with Gasteiger partial charge in [-0.25, -0.2) is 0 Å². The minimum absolute atomic E-state index is 0.0315. The molecule has 1 saturated heterocycles. The van der Waals surface area contributed by atoms with Gasteiger partial charge in [0, 0.05) is 50.2 Å². The van der Waals surface area contributed by atoms with Crippen molar-refractivity contribution in [1.82, 2.24) is 4.90 Å². The van der Waals surface area contributed by atoms with Gasteiger partial charge in [0.05, 0.1) is 11.5 Å². The molecule has 0 atom stereocenters. The highest BCUT2D eigenvalue weighted by molar-refractivity contribution is 5.82. The normalized spacial score (nSPS) is 15.8. The maximum Gasteiger partial charge on any atom is 0.273 e. The van der Waals surface area contributed by atoms with Crippen molar-refractivity contribution in [3.8, 4) is 0 Å². The molecule has 114 valence electrons. The average molecular weight is 292 g/mol. The van der Waals surface area contributed by atoms with Crippen LogP contribution in [0.3, 0.4) is 0 Å². The van der Waals surface area contributed by atoms with Crippen molar-refractivity contribution in [2.75, 3.05) is 43.4 Å². The van der Waals surface area contributed by atoms with Gasteiger partial charge in [-0.15, -0.1) is 0 Å². The summed E-state index contributed by atoms with van der Waals surface area (Å²) in [7, 11) is 1.78. The zero-order chi connectivity index (χ0) is 15.4. The molecule has 1 aliphatic rings. The molecule has 1 amide bonds. The molecular formula is C14H20N4O3. The first-order chi connectivity index (χ1) is 10.0. The highest BCUT2D eigenvalue weighted by Gasteiger charge is 2.21. The van der Waals surface area contributed by atoms with Crippen LogP contribution in [0.5, 0.6) is 0 Å². The third kappa shape index (κ3) is 3.62. The summed E-state index contributed by atoms with van der Waals surface area (Å²) in [6.07, 6.45) is 0.849. The summed E-state index contributed by atoms with van der Waals surface area (Å²) in [5.74, 6) is 0.0315. The first-order valence-electron chi connectivity index (χ1n) is 7.03. The van der Waals surface area contributed by atoms with Crippen molar-refractivity contribution in [3.63, 3.8) is 0 Å². The first kappa shape index (κ1) is 15.1. The molecule has 7 heteroatoms. The number of carbonyl (C=O) groups is 1. The highest BCUT2D eigenvalue weighted by atomic mass is 16.6. The number of non-ortho nitro benzene ring substituents is 1. The number of nitrogens with zero attached hydrogens (tertiary/aromatic N) is 3. The van der Waals surface area contributed by atoms with E-state index < -0.39 is 4.92 Å². The first-order valence-corrected chi connectivity index (χ1v) is 7.03. The molecule has 1 N–H and O–H groups in total. The lowest BCUT2D eigenvalue weighted by molar-refractivity contribution is -0.384. The number of hydrogen-bond acceptors (Lipinski definition) is 5. The number of nitrogens with one attached hydrogen (secondary N) is 1. The van der Waals surface area contributed by atoms with Gasteiger partial charge in [0.25, 0.3) is 5.69 Å². The average Bonchev–Trinajstić information content (AvgIpc) is 2.61. The van der Waals surface area contributed by atoms with E-state index in [2.05, 4.69) is 5.32 Å². The largest absolute Gasteiger partial charge is 0.385 e. The van der Waals surface area contributed by atoms with Crippen LogP contribution in [0.4, 0.5) is 17.1 Å². The minimum atomic E-state index is -0.407. The SMILES string of the molecule is CCNc1cc(N2CCCN(C)C(=O)C2)cc([N+](=O)[O-])c1. The van der Waals surface area contributed by atoms with E-state index >= 15 is 0 Å². The molecule has 1 fully saturated rings. The number of carbonyl (C=O) groups excluding carboxylic acids is 1. The van der Waals surface area contributed by atoms with Gasteiger partial charge in [0.2, 0.25) is 5.91 Å². The second kappa shape index (κ2) is 6.43. The Hall–Kier alpha value is -2.31. The lowest BCUT2D eigenvalue weighted by Crippen LogP contribution is -2.34. The van der Waals surface area contributed by atoms with Crippen LogP contribution >= 0.6 is 0 Å². The number of likely N-dealkylation sites (N-methyl/N-ethyl adjacent to an activating group) is 1. The third-order valence-corrected chi connectivity index (χ3v) is 3.53. The fourth-order valence-electron chi connectivity index (χ4n) is 2.40. The van der Waals surface area contributed by atoms with Crippen LogP contribution in [-0.2, 0) is 4.79 Å². The van der Waals surface area contributed by atoms with Gasteiger partial charge in [-0.3, -0.25) is 14.9 Å². The van der Waals surface area contributed by atoms with Crippen LogP contribution in [0, 0.1) is 10.1 Å². The van der Waals surface area contributed by atoms with Crippen LogP contribution in [-0.4, -0.2) is 49.0 Å². The smallest absolute Gasteiger partial charge is 0.273 e. The topological polar surface area (TPSA) is 78.7 Å². The summed E-state index contributed by atoms with van der Waals surface area (Å²) >= 11 is 0. The molecular weight excluding hydrogens is 272 g/mol. The molecule has 1 heterocycles. The van der Waals surface area contributed by atoms with Gasteiger partial charge in [0.1, 0.15) is 0 Å². The van der Waals surface area contributed by atoms with E-state index in [1.165, 1.54) is 12.1 Å². The molecule has 0 saturated carbocycles. The highest BCUT2D eigenvalue weighted by Crippen LogP contribution is 2.27. The number of hydrogen-bond donors (Lipinski definition) is 1. The number of nitro groups is 1. The number of amides is 1. The molecule has 1 aliphatic heterocycles. The van der Waals surface area contributed by atoms with Gasteiger partial charge >= 0.3 is 0 Å². The van der Waals surface area contributed by atoms with Crippen LogP contribution in [0.25, 0.3) is 0 Å². The van der Waals surface area contributed by atoms with E-state index in [9.17, 15) is 14.9 Å². The Balaban J connectivity index is 2.32. The Labute approximate surface area is 123 Å². The van der Waals surface area contributed by atoms with E-state index in [4.69, 9.17) is 0 Å². The summed E-state index contributed by atoms with van der Waals surface area (Å²) in [4.78, 5) is 26.2. The summed E-state index contributed by atoms with van der Waals surface area (Å²) in [5, 5.41) is 14.2. The molecule has 1 aromatic carbocycles. The predicted octanol–water partition coefficient (Wildman–Crippen LogP) is 1.70. The Morgan fingerprint density at radius 1 is 1.33 bits per heavy atom. The Morgan fingerprint density at radius 2 is 2.10 bits per heavy atom. The Bertz CT molecular complexity index is 547. The van der Waals surface area contributed by atoms with Crippen LogP contribution < -0.4 is 10.2 Å². The van der Waals surface area contributed by atoms with Crippen molar-refractivity contribution >= 4 is 23.0 Å². The second-order valence-corrected chi connectivity index (χ2v) is 5.12. The molecule has 21 heavy (non-hydrogen) atoms. The standard InChI is InChI=1S/C14H20N4O3/c1-3-15-11-7-12(9-13(8-11)18(20)21)17-6-4-5-16(2)14(19)10-17/h7-9,15H,3-6,10H2,1-2H3. The molecule has 0 aromatic heterocycles. The van der Waals surface area contributed by atoms with Crippen molar-refractivity contribution in [1.29, 1.82) is 0 Å². The van der Waals surface area contributed by atoms with E-state index in [-0.39, 0.29) is 18.1 Å². The van der Waals surface area contributed by atoms with E-state index in [0.29, 0.717) is 31.0 Å². The van der Waals surface area contributed by atoms with E-state index in [0.717, 1.165) is 6.42 Å². The fraction of sp³-hybridized carbons (Fsp3) is 0.500. The molecule has 1 aromatic rings. The van der Waals surface area contributed by atoms with Crippen molar-refractivity contribution < 1.29 is 9.72 Å². The van der Waals surface area contributed by atoms with Crippen molar-refractivity contribution in [2.24, 2.45) is 0 Å². The lowest BCUT2D eigenvalue weighted by atomic mass is 10.2. The lowest BCUT2D eigenvalue weighted by Gasteiger charge is -2.22. The molecule has 7 nitrogen and oxygen atoms in total. The monoisotopic (exact) mass is 292 g/mol. The van der Waals surface area contributed by atoms with Gasteiger partial charge in [-0.1, -0.05) is 0 Å². The maximum absolute atomic E-state index is 12.0. The molecule has 0 unspecified atom stereocenters. The Kier molecular flexibility index (Phi) is 4.62. The minimum Gasteiger partial charge on any atom is -0.385 e. The quantitative estimate of drug-likeness (QED) is 0.675. The zero-order valence-corrected chi connectivity index (χ0v) is 12.3. The van der Waals surface area contributed by atoms with E-state index in [1.54, 1.807) is 11.9 Å². The Morgan fingerprint density at radius 3 is 2.76 bits per heavy atom. The summed E-state index contributed by atoms with van der Waals surface area (Å²) in [6.45, 7) is 4.29. The molecule has 0 aliphatic carbocycles. The fourth-order valence-corrected chi connectivity index (χ4v) is 2.40. The number of nitro benzene ring substituents is 1. The number of anilines is 2. The third-order valence-electron chi connectivity index (χ3n) is 3.53. The summed E-state index contributed by atoms with van der Waals surface area (Å²) in [6, 6.07) is 4.90. The number of benzene rings is 1. The zero-order valence-electron chi connectivity index (χ0n) is 12.3. The van der Waals surface area contributed by atoms with Crippen molar-refractivity contribution in [3.05, 3.63) is 28.3 Å². The number of rotatable bonds is 4. The maximum atomic E-state index is 12.0. The van der Waals surface area contributed by atoms with E-state index in [1.807, 2.05) is 17.9 Å². The molecule has 0 radical (unpaired) electrons. The van der Waals surface area contributed by atoms with Gasteiger partial charge < -0.3 is 15.1 Å². The second-order valence-electron chi connectivity index (χ2n) is 5.12. The summed E-state index contributed by atoms with van der Waals surface area (Å²) in [5.41, 5.74) is 1.45.